The van der Waals surface area contributed by atoms with Gasteiger partial charge in [-0.3, -0.25) is 9.78 Å². The second-order valence-corrected chi connectivity index (χ2v) is 7.07. The maximum atomic E-state index is 13.9. The van der Waals surface area contributed by atoms with E-state index in [-0.39, 0.29) is 18.3 Å². The third-order valence-electron chi connectivity index (χ3n) is 4.85. The highest BCUT2D eigenvalue weighted by atomic mass is 19.1. The molecule has 0 N–H and O–H groups in total. The number of hydrogen-bond donors (Lipinski definition) is 0. The zero-order valence-corrected chi connectivity index (χ0v) is 17.0. The third-order valence-corrected chi connectivity index (χ3v) is 4.85. The molecule has 4 rings (SSSR count). The van der Waals surface area contributed by atoms with Crippen LogP contribution in [0.4, 0.5) is 4.39 Å². The van der Waals surface area contributed by atoms with E-state index in [4.69, 9.17) is 5.10 Å². The summed E-state index contributed by atoms with van der Waals surface area (Å²) in [7, 11) is 1.65. The zero-order chi connectivity index (χ0) is 21.6. The van der Waals surface area contributed by atoms with Gasteiger partial charge in [-0.05, 0) is 36.4 Å². The van der Waals surface area contributed by atoms with Gasteiger partial charge < -0.3 is 4.90 Å². The van der Waals surface area contributed by atoms with Crippen molar-refractivity contribution in [2.75, 3.05) is 7.05 Å². The van der Waals surface area contributed by atoms with Gasteiger partial charge in [0.15, 0.2) is 0 Å². The van der Waals surface area contributed by atoms with Gasteiger partial charge in [-0.2, -0.15) is 5.10 Å². The Bertz CT molecular complexity index is 1200. The minimum absolute atomic E-state index is 0.189. The molecule has 0 saturated heterocycles. The van der Waals surface area contributed by atoms with Crippen molar-refractivity contribution >= 4 is 12.0 Å². The van der Waals surface area contributed by atoms with Crippen LogP contribution in [0.1, 0.15) is 11.1 Å². The number of likely N-dealkylation sites (N-methyl/N-ethyl adjacent to an activating group) is 1. The van der Waals surface area contributed by atoms with E-state index in [1.165, 1.54) is 17.0 Å². The van der Waals surface area contributed by atoms with Gasteiger partial charge in [0.25, 0.3) is 0 Å². The largest absolute Gasteiger partial charge is 0.338 e. The molecule has 2 aromatic carbocycles. The second kappa shape index (κ2) is 9.17. The van der Waals surface area contributed by atoms with Crippen LogP contribution in [0.3, 0.4) is 0 Å². The molecule has 1 amide bonds. The van der Waals surface area contributed by atoms with Crippen molar-refractivity contribution in [3.05, 3.63) is 108 Å². The van der Waals surface area contributed by atoms with E-state index in [9.17, 15) is 9.18 Å². The first-order valence-electron chi connectivity index (χ1n) is 9.84. The monoisotopic (exact) mass is 412 g/mol. The molecule has 4 aromatic rings. The summed E-state index contributed by atoms with van der Waals surface area (Å²) in [5.41, 5.74) is 3.74. The molecule has 6 heteroatoms. The van der Waals surface area contributed by atoms with Crippen molar-refractivity contribution < 1.29 is 9.18 Å². The fourth-order valence-electron chi connectivity index (χ4n) is 3.20. The fourth-order valence-corrected chi connectivity index (χ4v) is 3.20. The van der Waals surface area contributed by atoms with E-state index < -0.39 is 0 Å². The molecule has 0 aliphatic rings. The summed E-state index contributed by atoms with van der Waals surface area (Å²) >= 11 is 0. The van der Waals surface area contributed by atoms with Crippen molar-refractivity contribution in [3.8, 4) is 16.9 Å². The lowest BCUT2D eigenvalue weighted by Crippen LogP contribution is -2.24. The van der Waals surface area contributed by atoms with Crippen molar-refractivity contribution in [1.29, 1.82) is 0 Å². The Kier molecular flexibility index (Phi) is 5.98. The smallest absolute Gasteiger partial charge is 0.246 e. The van der Waals surface area contributed by atoms with E-state index >= 15 is 0 Å². The summed E-state index contributed by atoms with van der Waals surface area (Å²) in [6, 6.07) is 20.0. The predicted octanol–water partition coefficient (Wildman–Crippen LogP) is 4.75. The number of pyridine rings is 1. The van der Waals surface area contributed by atoms with E-state index in [0.29, 0.717) is 5.56 Å². The van der Waals surface area contributed by atoms with Crippen LogP contribution in [0.2, 0.25) is 0 Å². The van der Waals surface area contributed by atoms with Crippen LogP contribution in [-0.4, -0.2) is 32.6 Å². The first-order valence-corrected chi connectivity index (χ1v) is 9.84. The lowest BCUT2D eigenvalue weighted by Gasteiger charge is -2.15. The molecule has 0 fully saturated rings. The van der Waals surface area contributed by atoms with E-state index in [0.717, 1.165) is 22.5 Å². The van der Waals surface area contributed by atoms with Crippen molar-refractivity contribution in [1.82, 2.24) is 19.7 Å². The molecule has 31 heavy (non-hydrogen) atoms. The fraction of sp³-hybridized carbons (Fsp3) is 0.0800. The van der Waals surface area contributed by atoms with Crippen LogP contribution >= 0.6 is 0 Å². The van der Waals surface area contributed by atoms with Gasteiger partial charge in [0, 0.05) is 54.9 Å². The molecule has 5 nitrogen and oxygen atoms in total. The Morgan fingerprint density at radius 1 is 1.06 bits per heavy atom. The minimum Gasteiger partial charge on any atom is -0.338 e. The number of benzene rings is 2. The minimum atomic E-state index is -0.325. The normalized spacial score (nSPS) is 11.0. The zero-order valence-electron chi connectivity index (χ0n) is 17.0. The maximum Gasteiger partial charge on any atom is 0.246 e. The molecule has 154 valence electrons. The average molecular weight is 412 g/mol. The quantitative estimate of drug-likeness (QED) is 0.430. The first-order chi connectivity index (χ1) is 15.1. The molecule has 0 unspecified atom stereocenters. The van der Waals surface area contributed by atoms with Gasteiger partial charge in [-0.15, -0.1) is 0 Å². The van der Waals surface area contributed by atoms with Crippen molar-refractivity contribution in [2.45, 2.75) is 6.54 Å². The molecule has 2 aromatic heterocycles. The lowest BCUT2D eigenvalue weighted by molar-refractivity contribution is -0.125. The SMILES string of the molecule is CN(Cc1ccccc1F)C(=O)C=Cc1cn(-c2ccccc2)nc1-c1cccnc1. The van der Waals surface area contributed by atoms with Crippen LogP contribution in [0.15, 0.2) is 91.4 Å². The molecule has 0 spiro atoms. The highest BCUT2D eigenvalue weighted by molar-refractivity contribution is 5.92. The summed E-state index contributed by atoms with van der Waals surface area (Å²) in [5.74, 6) is -0.554. The number of nitrogens with zero attached hydrogens (tertiary/aromatic N) is 4. The molecule has 0 radical (unpaired) electrons. The highest BCUT2D eigenvalue weighted by Gasteiger charge is 2.13. The van der Waals surface area contributed by atoms with Gasteiger partial charge >= 0.3 is 0 Å². The molecule has 2 heterocycles. The van der Waals surface area contributed by atoms with Gasteiger partial charge in [0.2, 0.25) is 5.91 Å². The Morgan fingerprint density at radius 2 is 1.84 bits per heavy atom. The first kappa shape index (κ1) is 20.2. The van der Waals surface area contributed by atoms with Crippen LogP contribution in [0.25, 0.3) is 23.0 Å². The Balaban J connectivity index is 1.60. The van der Waals surface area contributed by atoms with Gasteiger partial charge in [-0.25, -0.2) is 9.07 Å². The van der Waals surface area contributed by atoms with Crippen LogP contribution < -0.4 is 0 Å². The molecule has 0 aliphatic carbocycles. The summed E-state index contributed by atoms with van der Waals surface area (Å²) in [6.45, 7) is 0.189. The molecule has 0 saturated carbocycles. The number of hydrogen-bond acceptors (Lipinski definition) is 3. The molecular weight excluding hydrogens is 391 g/mol. The van der Waals surface area contributed by atoms with E-state index in [1.807, 2.05) is 48.7 Å². The molecule has 0 bridgehead atoms. The third kappa shape index (κ3) is 4.75. The predicted molar refractivity (Wildman–Crippen MR) is 119 cm³/mol. The van der Waals surface area contributed by atoms with Gasteiger partial charge in [0.05, 0.1) is 5.69 Å². The van der Waals surface area contributed by atoms with Crippen LogP contribution in [0.5, 0.6) is 0 Å². The Morgan fingerprint density at radius 3 is 2.58 bits per heavy atom. The standard InChI is InChI=1S/C25H21FN4O/c1-29(17-20-8-5-6-12-23(20)26)24(31)14-13-21-18-30(22-10-3-2-4-11-22)28-25(21)19-9-7-15-27-16-19/h2-16,18H,17H2,1H3. The Labute approximate surface area is 180 Å². The second-order valence-electron chi connectivity index (χ2n) is 7.07. The van der Waals surface area contributed by atoms with Gasteiger partial charge in [-0.1, -0.05) is 36.4 Å². The number of carbonyl (C=O) groups is 1. The number of aromatic nitrogens is 3. The topological polar surface area (TPSA) is 51.0 Å². The number of para-hydroxylation sites is 1. The average Bonchev–Trinajstić information content (AvgIpc) is 3.24. The maximum absolute atomic E-state index is 13.9. The number of rotatable bonds is 6. The summed E-state index contributed by atoms with van der Waals surface area (Å²) in [4.78, 5) is 18.3. The van der Waals surface area contributed by atoms with Crippen LogP contribution in [-0.2, 0) is 11.3 Å². The number of amides is 1. The highest BCUT2D eigenvalue weighted by Crippen LogP contribution is 2.24. The van der Waals surface area contributed by atoms with E-state index in [1.54, 1.807) is 48.4 Å². The van der Waals surface area contributed by atoms with Crippen molar-refractivity contribution in [2.24, 2.45) is 0 Å². The summed E-state index contributed by atoms with van der Waals surface area (Å²) < 4.78 is 15.7. The number of carbonyl (C=O) groups excluding carboxylic acids is 1. The van der Waals surface area contributed by atoms with Crippen LogP contribution in [0, 0.1) is 5.82 Å². The number of halogens is 1. The summed E-state index contributed by atoms with van der Waals surface area (Å²) in [6.07, 6.45) is 8.52. The van der Waals surface area contributed by atoms with E-state index in [2.05, 4.69) is 4.98 Å². The van der Waals surface area contributed by atoms with Crippen molar-refractivity contribution in [3.63, 3.8) is 0 Å². The molecular formula is C25H21FN4O. The molecule has 0 atom stereocenters. The van der Waals surface area contributed by atoms with Gasteiger partial charge in [0.1, 0.15) is 11.5 Å². The summed E-state index contributed by atoms with van der Waals surface area (Å²) in [5, 5.41) is 4.70. The Hall–Kier alpha value is -4.06. The molecule has 0 aliphatic heterocycles. The lowest BCUT2D eigenvalue weighted by atomic mass is 10.1.